The topological polar surface area (TPSA) is 33.1 Å². The van der Waals surface area contributed by atoms with E-state index in [1.165, 1.54) is 0 Å². The van der Waals surface area contributed by atoms with E-state index in [2.05, 4.69) is 0 Å². The smallest absolute Gasteiger partial charge is 0.416 e. The van der Waals surface area contributed by atoms with Crippen molar-refractivity contribution < 1.29 is 31.1 Å². The second-order valence-electron chi connectivity index (χ2n) is 4.43. The van der Waals surface area contributed by atoms with Gasteiger partial charge in [0.05, 0.1) is 11.1 Å². The maximum absolute atomic E-state index is 12.7. The van der Waals surface area contributed by atoms with E-state index in [0.29, 0.717) is 12.1 Å². The summed E-state index contributed by atoms with van der Waals surface area (Å²) >= 11 is 16.0. The first-order valence-electron chi connectivity index (χ1n) is 5.74. The lowest BCUT2D eigenvalue weighted by molar-refractivity contribution is -0.143. The maximum Gasteiger partial charge on any atom is 0.416 e. The number of hydrogen-bond acceptors (Lipinski definition) is 2. The molecule has 130 valence electrons. The third kappa shape index (κ3) is 5.61. The average Bonchev–Trinajstić information content (AvgIpc) is 2.34. The van der Waals surface area contributed by atoms with E-state index >= 15 is 0 Å². The molecule has 23 heavy (non-hydrogen) atoms. The highest BCUT2D eigenvalue weighted by atomic mass is 35.6. The molecule has 0 amide bonds. The standard InChI is InChI=1S/C12H8Cl3F6NO/c1-5(23-9(22)10(13,14)15)6-2-7(11(16,17)18)4-8(3-6)12(19,20)21/h2-5,22H,1H3/t5-/m0/s1. The van der Waals surface area contributed by atoms with E-state index in [1.807, 2.05) is 0 Å². The van der Waals surface area contributed by atoms with Gasteiger partial charge < -0.3 is 4.74 Å². The minimum Gasteiger partial charge on any atom is -0.470 e. The third-order valence-electron chi connectivity index (χ3n) is 2.63. The number of rotatable bonds is 2. The Morgan fingerprint density at radius 1 is 0.957 bits per heavy atom. The fourth-order valence-electron chi connectivity index (χ4n) is 1.53. The molecule has 0 aromatic heterocycles. The fourth-order valence-corrected chi connectivity index (χ4v) is 1.66. The monoisotopic (exact) mass is 401 g/mol. The largest absolute Gasteiger partial charge is 0.470 e. The number of ether oxygens (including phenoxy) is 1. The van der Waals surface area contributed by atoms with E-state index < -0.39 is 44.8 Å². The lowest BCUT2D eigenvalue weighted by atomic mass is 10.0. The third-order valence-corrected chi connectivity index (χ3v) is 3.15. The number of nitrogens with one attached hydrogen (secondary N) is 1. The molecule has 0 aliphatic rings. The highest BCUT2D eigenvalue weighted by Gasteiger charge is 2.38. The summed E-state index contributed by atoms with van der Waals surface area (Å²) in [6, 6.07) is 0.938. The van der Waals surface area contributed by atoms with Crippen LogP contribution in [0.4, 0.5) is 26.3 Å². The van der Waals surface area contributed by atoms with Crippen molar-refractivity contribution in [2.45, 2.75) is 29.2 Å². The van der Waals surface area contributed by atoms with Gasteiger partial charge in [-0.05, 0) is 30.7 Å². The molecule has 0 radical (unpaired) electrons. The molecule has 0 saturated heterocycles. The predicted molar refractivity (Wildman–Crippen MR) is 74.0 cm³/mol. The quantitative estimate of drug-likeness (QED) is 0.274. The maximum atomic E-state index is 12.7. The average molecular weight is 403 g/mol. The Labute approximate surface area is 141 Å². The second-order valence-corrected chi connectivity index (χ2v) is 6.71. The zero-order valence-corrected chi connectivity index (χ0v) is 13.4. The van der Waals surface area contributed by atoms with Crippen LogP contribution >= 0.6 is 34.8 Å². The van der Waals surface area contributed by atoms with E-state index in [1.54, 1.807) is 0 Å². The van der Waals surface area contributed by atoms with Gasteiger partial charge in [0.1, 0.15) is 6.10 Å². The highest BCUT2D eigenvalue weighted by Crippen LogP contribution is 2.38. The van der Waals surface area contributed by atoms with Crippen LogP contribution in [-0.2, 0) is 17.1 Å². The van der Waals surface area contributed by atoms with Crippen molar-refractivity contribution in [2.24, 2.45) is 0 Å². The zero-order valence-electron chi connectivity index (χ0n) is 11.1. The van der Waals surface area contributed by atoms with Crippen molar-refractivity contribution in [2.75, 3.05) is 0 Å². The Morgan fingerprint density at radius 2 is 1.35 bits per heavy atom. The van der Waals surface area contributed by atoms with Gasteiger partial charge in [0.2, 0.25) is 5.90 Å². The lowest BCUT2D eigenvalue weighted by Crippen LogP contribution is -2.23. The molecule has 11 heteroatoms. The highest BCUT2D eigenvalue weighted by molar-refractivity contribution is 6.76. The molecule has 2 nitrogen and oxygen atoms in total. The van der Waals surface area contributed by atoms with Crippen molar-refractivity contribution >= 4 is 40.7 Å². The van der Waals surface area contributed by atoms with Crippen LogP contribution in [0.2, 0.25) is 0 Å². The first-order chi connectivity index (χ1) is 10.1. The molecule has 1 N–H and O–H groups in total. The van der Waals surface area contributed by atoms with E-state index in [-0.39, 0.29) is 6.07 Å². The van der Waals surface area contributed by atoms with Crippen LogP contribution in [0.3, 0.4) is 0 Å². The molecule has 0 heterocycles. The summed E-state index contributed by atoms with van der Waals surface area (Å²) in [5.74, 6) is -0.930. The normalized spacial score (nSPS) is 14.5. The summed E-state index contributed by atoms with van der Waals surface area (Å²) < 4.78 is 78.9. The van der Waals surface area contributed by atoms with Gasteiger partial charge in [-0.3, -0.25) is 5.41 Å². The van der Waals surface area contributed by atoms with E-state index in [9.17, 15) is 26.3 Å². The van der Waals surface area contributed by atoms with Gasteiger partial charge in [-0.1, -0.05) is 34.8 Å². The molecule has 0 unspecified atom stereocenters. The molecule has 1 aromatic carbocycles. The predicted octanol–water partition coefficient (Wildman–Crippen LogP) is 6.15. The van der Waals surface area contributed by atoms with Crippen molar-refractivity contribution in [1.82, 2.24) is 0 Å². The van der Waals surface area contributed by atoms with E-state index in [4.69, 9.17) is 44.9 Å². The van der Waals surface area contributed by atoms with Gasteiger partial charge in [0, 0.05) is 0 Å². The minimum atomic E-state index is -4.99. The summed E-state index contributed by atoms with van der Waals surface area (Å²) in [7, 11) is 0. The zero-order chi connectivity index (χ0) is 18.2. The van der Waals surface area contributed by atoms with Gasteiger partial charge in [-0.15, -0.1) is 0 Å². The molecule has 1 rings (SSSR count). The van der Waals surface area contributed by atoms with Crippen LogP contribution in [0.25, 0.3) is 0 Å². The molecule has 0 saturated carbocycles. The lowest BCUT2D eigenvalue weighted by Gasteiger charge is -2.21. The summed E-state index contributed by atoms with van der Waals surface area (Å²) in [5.41, 5.74) is -3.47. The summed E-state index contributed by atoms with van der Waals surface area (Å²) in [6.07, 6.45) is -11.3. The number of alkyl halides is 9. The SMILES string of the molecule is C[C@H](OC(=N)C(Cl)(Cl)Cl)c1cc(C(F)(F)F)cc(C(F)(F)F)c1. The van der Waals surface area contributed by atoms with E-state index in [0.717, 1.165) is 6.92 Å². The van der Waals surface area contributed by atoms with Crippen LogP contribution in [0.1, 0.15) is 29.7 Å². The van der Waals surface area contributed by atoms with Crippen molar-refractivity contribution in [1.29, 1.82) is 5.41 Å². The number of halogens is 9. The second kappa shape index (κ2) is 6.57. The van der Waals surface area contributed by atoms with Crippen LogP contribution < -0.4 is 0 Å². The van der Waals surface area contributed by atoms with Gasteiger partial charge in [-0.2, -0.15) is 26.3 Å². The Balaban J connectivity index is 3.27. The van der Waals surface area contributed by atoms with Crippen LogP contribution in [0.5, 0.6) is 0 Å². The Bertz CT molecular complexity index is 562. The van der Waals surface area contributed by atoms with Gasteiger partial charge in [-0.25, -0.2) is 0 Å². The van der Waals surface area contributed by atoms with Crippen LogP contribution in [0.15, 0.2) is 18.2 Å². The molecule has 0 fully saturated rings. The summed E-state index contributed by atoms with van der Waals surface area (Å²) in [5, 5.41) is 7.31. The van der Waals surface area contributed by atoms with Crippen molar-refractivity contribution in [3.63, 3.8) is 0 Å². The molecule has 0 aliphatic carbocycles. The van der Waals surface area contributed by atoms with Crippen LogP contribution in [-0.4, -0.2) is 9.69 Å². The Morgan fingerprint density at radius 3 is 1.65 bits per heavy atom. The number of hydrogen-bond donors (Lipinski definition) is 1. The van der Waals surface area contributed by atoms with Crippen LogP contribution in [0, 0.1) is 5.41 Å². The van der Waals surface area contributed by atoms with Crippen molar-refractivity contribution in [3.8, 4) is 0 Å². The molecule has 1 atom stereocenters. The summed E-state index contributed by atoms with van der Waals surface area (Å²) in [4.78, 5) is 0. The minimum absolute atomic E-state index is 0.0174. The molecule has 0 aliphatic heterocycles. The van der Waals surface area contributed by atoms with Gasteiger partial charge in [0.15, 0.2) is 0 Å². The molecule has 1 aromatic rings. The van der Waals surface area contributed by atoms with Crippen molar-refractivity contribution in [3.05, 3.63) is 34.9 Å². The first kappa shape index (κ1) is 20.2. The van der Waals surface area contributed by atoms with Gasteiger partial charge in [0.25, 0.3) is 3.79 Å². The fraction of sp³-hybridized carbons (Fsp3) is 0.417. The first-order valence-corrected chi connectivity index (χ1v) is 6.87. The Hall–Kier alpha value is -0.860. The summed E-state index contributed by atoms with van der Waals surface area (Å²) in [6.45, 7) is 1.13. The molecule has 0 bridgehead atoms. The number of benzene rings is 1. The molecular formula is C12H8Cl3F6NO. The van der Waals surface area contributed by atoms with Gasteiger partial charge >= 0.3 is 12.4 Å². The Kier molecular flexibility index (Phi) is 5.76. The molecular weight excluding hydrogens is 394 g/mol. The molecule has 0 spiro atoms.